The quantitative estimate of drug-likeness (QED) is 0.816. The fraction of sp³-hybridized carbons (Fsp3) is 0.786. The number of nitrogens with zero attached hydrogens (tertiary/aromatic N) is 1. The van der Waals surface area contributed by atoms with E-state index in [9.17, 15) is 4.79 Å². The Morgan fingerprint density at radius 1 is 1.29 bits per heavy atom. The molecule has 3 nitrogen and oxygen atoms in total. The summed E-state index contributed by atoms with van der Waals surface area (Å²) in [5, 5.41) is 3.03. The molecule has 0 saturated heterocycles. The van der Waals surface area contributed by atoms with Gasteiger partial charge in [0.15, 0.2) is 0 Å². The highest BCUT2D eigenvalue weighted by atomic mass is 16.1. The third-order valence-electron chi connectivity index (χ3n) is 3.81. The smallest absolute Gasteiger partial charge is 0.217 e. The summed E-state index contributed by atoms with van der Waals surface area (Å²) in [6, 6.07) is 0.414. The van der Waals surface area contributed by atoms with Crippen LogP contribution < -0.4 is 5.32 Å². The van der Waals surface area contributed by atoms with Gasteiger partial charge in [0, 0.05) is 32.3 Å². The van der Waals surface area contributed by atoms with Crippen molar-refractivity contribution in [1.29, 1.82) is 0 Å². The lowest BCUT2D eigenvalue weighted by Crippen LogP contribution is -2.38. The molecule has 0 spiro atoms. The number of hydrogen-bond donors (Lipinski definition) is 1. The number of nitrogens with one attached hydrogen (secondary N) is 1. The zero-order valence-electron chi connectivity index (χ0n) is 11.6. The molecule has 0 aromatic heterocycles. The summed E-state index contributed by atoms with van der Waals surface area (Å²) in [6.07, 6.45) is 6.88. The lowest BCUT2D eigenvalue weighted by atomic mass is 9.85. The van der Waals surface area contributed by atoms with Crippen LogP contribution in [0.3, 0.4) is 0 Å². The lowest BCUT2D eigenvalue weighted by Gasteiger charge is -2.32. The second-order valence-corrected chi connectivity index (χ2v) is 5.23. The van der Waals surface area contributed by atoms with Gasteiger partial charge in [-0.25, -0.2) is 0 Å². The Kier molecular flexibility index (Phi) is 5.52. The first-order valence-corrected chi connectivity index (χ1v) is 6.64. The van der Waals surface area contributed by atoms with Gasteiger partial charge < -0.3 is 10.2 Å². The van der Waals surface area contributed by atoms with Crippen LogP contribution in [0.2, 0.25) is 0 Å². The van der Waals surface area contributed by atoms with Crippen LogP contribution in [0.15, 0.2) is 11.8 Å². The first-order chi connectivity index (χ1) is 8.02. The molecule has 1 saturated carbocycles. The van der Waals surface area contributed by atoms with Crippen LogP contribution in [0.5, 0.6) is 0 Å². The van der Waals surface area contributed by atoms with Crippen LogP contribution in [0.1, 0.15) is 46.5 Å². The first-order valence-electron chi connectivity index (χ1n) is 6.64. The Bertz CT molecular complexity index is 278. The molecule has 3 heteroatoms. The molecular formula is C14H26N2O. The third kappa shape index (κ3) is 4.80. The Hall–Kier alpha value is -0.990. The van der Waals surface area contributed by atoms with Gasteiger partial charge in [0.05, 0.1) is 0 Å². The zero-order valence-corrected chi connectivity index (χ0v) is 11.6. The highest BCUT2D eigenvalue weighted by Gasteiger charge is 2.22. The largest absolute Gasteiger partial charge is 0.378 e. The van der Waals surface area contributed by atoms with E-state index in [1.807, 2.05) is 0 Å². The molecule has 1 amide bonds. The molecule has 98 valence electrons. The second-order valence-electron chi connectivity index (χ2n) is 5.23. The van der Waals surface area contributed by atoms with Gasteiger partial charge >= 0.3 is 0 Å². The Labute approximate surface area is 105 Å². The number of allylic oxidation sites excluding steroid dienone is 2. The monoisotopic (exact) mass is 238 g/mol. The minimum Gasteiger partial charge on any atom is -0.378 e. The molecule has 0 bridgehead atoms. The average molecular weight is 238 g/mol. The van der Waals surface area contributed by atoms with Crippen LogP contribution in [0.4, 0.5) is 0 Å². The predicted molar refractivity (Wildman–Crippen MR) is 71.6 cm³/mol. The first kappa shape index (κ1) is 14.1. The van der Waals surface area contributed by atoms with Crippen molar-refractivity contribution in [2.45, 2.75) is 52.5 Å². The molecule has 0 aromatic rings. The van der Waals surface area contributed by atoms with Crippen molar-refractivity contribution in [3.63, 3.8) is 0 Å². The Morgan fingerprint density at radius 3 is 2.35 bits per heavy atom. The predicted octanol–water partition coefficient (Wildman–Crippen LogP) is 2.54. The van der Waals surface area contributed by atoms with Crippen LogP contribution in [-0.2, 0) is 4.79 Å². The van der Waals surface area contributed by atoms with Crippen LogP contribution in [-0.4, -0.2) is 30.4 Å². The molecule has 0 heterocycles. The minimum atomic E-state index is 0.107. The second kappa shape index (κ2) is 6.67. The van der Waals surface area contributed by atoms with E-state index in [1.165, 1.54) is 18.5 Å². The normalized spacial score (nSPS) is 25.5. The number of amides is 1. The Balaban J connectivity index is 2.30. The van der Waals surface area contributed by atoms with E-state index in [-0.39, 0.29) is 5.91 Å². The maximum Gasteiger partial charge on any atom is 0.217 e. The summed E-state index contributed by atoms with van der Waals surface area (Å²) in [5.41, 5.74) is 1.34. The number of carbonyl (C=O) groups is 1. The van der Waals surface area contributed by atoms with Crippen LogP contribution in [0.25, 0.3) is 0 Å². The zero-order chi connectivity index (χ0) is 12.8. The summed E-state index contributed by atoms with van der Waals surface area (Å²) >= 11 is 0. The van der Waals surface area contributed by atoms with Crippen molar-refractivity contribution in [2.75, 3.05) is 13.6 Å². The number of rotatable bonds is 4. The van der Waals surface area contributed by atoms with Gasteiger partial charge in [-0.1, -0.05) is 6.08 Å². The van der Waals surface area contributed by atoms with Gasteiger partial charge in [0.2, 0.25) is 5.91 Å². The van der Waals surface area contributed by atoms with Crippen molar-refractivity contribution >= 4 is 5.91 Å². The minimum absolute atomic E-state index is 0.107. The summed E-state index contributed by atoms with van der Waals surface area (Å²) < 4.78 is 0. The molecule has 1 N–H and O–H groups in total. The van der Waals surface area contributed by atoms with Crippen LogP contribution >= 0.6 is 0 Å². The number of carbonyl (C=O) groups excluding carboxylic acids is 1. The molecule has 17 heavy (non-hydrogen) atoms. The average Bonchev–Trinajstić information content (AvgIpc) is 2.30. The summed E-state index contributed by atoms with van der Waals surface area (Å²) in [6.45, 7) is 6.99. The molecule has 0 unspecified atom stereocenters. The SMILES string of the molecule is CC=C(C)N(C)CC1CCC(NC(C)=O)CC1. The van der Waals surface area contributed by atoms with Crippen molar-refractivity contribution < 1.29 is 4.79 Å². The lowest BCUT2D eigenvalue weighted by molar-refractivity contribution is -0.119. The maximum atomic E-state index is 11.0. The highest BCUT2D eigenvalue weighted by Crippen LogP contribution is 2.25. The molecular weight excluding hydrogens is 212 g/mol. The van der Waals surface area contributed by atoms with E-state index in [2.05, 4.69) is 37.2 Å². The molecule has 0 radical (unpaired) electrons. The van der Waals surface area contributed by atoms with Gasteiger partial charge in [-0.05, 0) is 45.4 Å². The molecule has 1 rings (SSSR count). The van der Waals surface area contributed by atoms with Crippen molar-refractivity contribution in [3.8, 4) is 0 Å². The molecule has 1 fully saturated rings. The van der Waals surface area contributed by atoms with Gasteiger partial charge in [0.1, 0.15) is 0 Å². The molecule has 1 aliphatic rings. The topological polar surface area (TPSA) is 32.3 Å². The number of hydrogen-bond acceptors (Lipinski definition) is 2. The fourth-order valence-corrected chi connectivity index (χ4v) is 2.53. The molecule has 1 aliphatic carbocycles. The van der Waals surface area contributed by atoms with Crippen LogP contribution in [0, 0.1) is 5.92 Å². The highest BCUT2D eigenvalue weighted by molar-refractivity contribution is 5.73. The van der Waals surface area contributed by atoms with Crippen molar-refractivity contribution in [2.24, 2.45) is 5.92 Å². The Morgan fingerprint density at radius 2 is 1.88 bits per heavy atom. The molecule has 0 aliphatic heterocycles. The van der Waals surface area contributed by atoms with Crippen molar-refractivity contribution in [3.05, 3.63) is 11.8 Å². The molecule has 0 atom stereocenters. The summed E-state index contributed by atoms with van der Waals surface area (Å²) in [5.74, 6) is 0.884. The fourth-order valence-electron chi connectivity index (χ4n) is 2.53. The van der Waals surface area contributed by atoms with E-state index in [4.69, 9.17) is 0 Å². The van der Waals surface area contributed by atoms with Crippen molar-refractivity contribution in [1.82, 2.24) is 10.2 Å². The van der Waals surface area contributed by atoms with Gasteiger partial charge in [-0.15, -0.1) is 0 Å². The maximum absolute atomic E-state index is 11.0. The van der Waals surface area contributed by atoms with Gasteiger partial charge in [0.25, 0.3) is 0 Å². The molecule has 0 aromatic carbocycles. The van der Waals surface area contributed by atoms with E-state index >= 15 is 0 Å². The van der Waals surface area contributed by atoms with E-state index in [0.717, 1.165) is 25.3 Å². The van der Waals surface area contributed by atoms with E-state index in [1.54, 1.807) is 6.92 Å². The standard InChI is InChI=1S/C14H26N2O/c1-5-11(2)16(4)10-13-6-8-14(9-7-13)15-12(3)17/h5,13-14H,6-10H2,1-4H3,(H,15,17). The summed E-state index contributed by atoms with van der Waals surface area (Å²) in [7, 11) is 2.16. The van der Waals surface area contributed by atoms with E-state index < -0.39 is 0 Å². The van der Waals surface area contributed by atoms with E-state index in [0.29, 0.717) is 6.04 Å². The van der Waals surface area contributed by atoms with Gasteiger partial charge in [-0.3, -0.25) is 4.79 Å². The summed E-state index contributed by atoms with van der Waals surface area (Å²) in [4.78, 5) is 13.3. The van der Waals surface area contributed by atoms with Gasteiger partial charge in [-0.2, -0.15) is 0 Å². The third-order valence-corrected chi connectivity index (χ3v) is 3.81.